The minimum atomic E-state index is -0.306. The molecule has 3 unspecified atom stereocenters. The second-order valence-electron chi connectivity index (χ2n) is 3.81. The van der Waals surface area contributed by atoms with Crippen LogP contribution in [0.15, 0.2) is 0 Å². The van der Waals surface area contributed by atoms with E-state index in [1.165, 1.54) is 0 Å². The largest absolute Gasteiger partial charge is 0.354 e. The summed E-state index contributed by atoms with van der Waals surface area (Å²) >= 11 is 0. The van der Waals surface area contributed by atoms with Crippen molar-refractivity contribution in [3.05, 3.63) is 0 Å². The zero-order valence-electron chi connectivity index (χ0n) is 8.57. The van der Waals surface area contributed by atoms with E-state index in [1.54, 1.807) is 7.11 Å². The minimum absolute atomic E-state index is 0.0530. The van der Waals surface area contributed by atoms with Crippen LogP contribution in [0.5, 0.6) is 0 Å². The second-order valence-corrected chi connectivity index (χ2v) is 3.81. The quantitative estimate of drug-likeness (QED) is 0.635. The van der Waals surface area contributed by atoms with Gasteiger partial charge in [-0.05, 0) is 11.8 Å². The molecule has 1 aliphatic heterocycles. The van der Waals surface area contributed by atoms with E-state index in [4.69, 9.17) is 20.9 Å². The Labute approximate surface area is 79.6 Å². The third-order valence-corrected chi connectivity index (χ3v) is 3.11. The van der Waals surface area contributed by atoms with Crippen molar-refractivity contribution in [2.45, 2.75) is 32.3 Å². The normalized spacial score (nSPS) is 46.4. The number of ether oxygens (including phenoxy) is 2. The molecular weight excluding hydrogens is 168 g/mol. The van der Waals surface area contributed by atoms with E-state index in [9.17, 15) is 0 Å². The maximum absolute atomic E-state index is 5.95. The molecule has 0 amide bonds. The van der Waals surface area contributed by atoms with Crippen LogP contribution in [-0.4, -0.2) is 32.1 Å². The number of methoxy groups -OCH3 is 1. The second kappa shape index (κ2) is 4.37. The van der Waals surface area contributed by atoms with Crippen LogP contribution in [0.4, 0.5) is 0 Å². The van der Waals surface area contributed by atoms with Crippen LogP contribution in [-0.2, 0) is 9.47 Å². The van der Waals surface area contributed by atoms with Gasteiger partial charge in [-0.15, -0.1) is 0 Å². The third-order valence-electron chi connectivity index (χ3n) is 3.11. The fourth-order valence-electron chi connectivity index (χ4n) is 1.81. The summed E-state index contributed by atoms with van der Waals surface area (Å²) in [5, 5.41) is 0. The van der Waals surface area contributed by atoms with Gasteiger partial charge in [0.1, 0.15) is 0 Å². The van der Waals surface area contributed by atoms with Crippen molar-refractivity contribution in [3.8, 4) is 0 Å². The molecule has 0 aromatic rings. The molecule has 13 heavy (non-hydrogen) atoms. The first kappa shape index (κ1) is 10.9. The van der Waals surface area contributed by atoms with E-state index in [0.29, 0.717) is 18.4 Å². The molecule has 1 saturated heterocycles. The summed E-state index contributed by atoms with van der Waals surface area (Å²) in [7, 11) is 1.61. The number of rotatable bonds is 2. The van der Waals surface area contributed by atoms with Gasteiger partial charge in [-0.25, -0.2) is 0 Å². The van der Waals surface area contributed by atoms with Gasteiger partial charge in [0, 0.05) is 13.7 Å². The van der Waals surface area contributed by atoms with Crippen LogP contribution in [0.25, 0.3) is 0 Å². The van der Waals surface area contributed by atoms with Gasteiger partial charge >= 0.3 is 0 Å². The lowest BCUT2D eigenvalue weighted by Crippen LogP contribution is -2.55. The van der Waals surface area contributed by atoms with Gasteiger partial charge in [0.25, 0.3) is 0 Å². The Morgan fingerprint density at radius 1 is 1.31 bits per heavy atom. The van der Waals surface area contributed by atoms with Crippen LogP contribution in [0.2, 0.25) is 0 Å². The molecule has 4 N–H and O–H groups in total. The first-order valence-electron chi connectivity index (χ1n) is 4.75. The van der Waals surface area contributed by atoms with Crippen molar-refractivity contribution in [1.82, 2.24) is 0 Å². The molecule has 0 saturated carbocycles. The summed E-state index contributed by atoms with van der Waals surface area (Å²) in [6.45, 7) is 4.76. The highest BCUT2D eigenvalue weighted by atomic mass is 16.7. The van der Waals surface area contributed by atoms with Crippen LogP contribution in [0, 0.1) is 11.8 Å². The van der Waals surface area contributed by atoms with Gasteiger partial charge < -0.3 is 20.9 Å². The zero-order valence-corrected chi connectivity index (χ0v) is 8.57. The van der Waals surface area contributed by atoms with Gasteiger partial charge in [0.15, 0.2) is 6.29 Å². The Bertz CT molecular complexity index is 146. The Balaban J connectivity index is 2.66. The van der Waals surface area contributed by atoms with Crippen molar-refractivity contribution in [2.24, 2.45) is 23.3 Å². The lowest BCUT2D eigenvalue weighted by atomic mass is 9.82. The topological polar surface area (TPSA) is 70.5 Å². The van der Waals surface area contributed by atoms with E-state index in [1.807, 2.05) is 0 Å². The summed E-state index contributed by atoms with van der Waals surface area (Å²) in [4.78, 5) is 0. The number of nitrogens with two attached hydrogens (primary N) is 2. The van der Waals surface area contributed by atoms with Crippen LogP contribution in [0.1, 0.15) is 13.8 Å². The fourth-order valence-corrected chi connectivity index (χ4v) is 1.81. The molecular formula is C9H20N2O2. The van der Waals surface area contributed by atoms with Crippen molar-refractivity contribution in [2.75, 3.05) is 13.7 Å². The monoisotopic (exact) mass is 188 g/mol. The molecule has 1 fully saturated rings. The molecule has 78 valence electrons. The van der Waals surface area contributed by atoms with Gasteiger partial charge in [0.05, 0.1) is 12.1 Å². The Kier molecular flexibility index (Phi) is 3.67. The third kappa shape index (κ3) is 2.02. The minimum Gasteiger partial charge on any atom is -0.354 e. The predicted octanol–water partition coefficient (Wildman–Crippen LogP) is -0.0841. The van der Waals surface area contributed by atoms with Gasteiger partial charge in [-0.1, -0.05) is 13.8 Å². The van der Waals surface area contributed by atoms with Gasteiger partial charge in [-0.3, -0.25) is 0 Å². The van der Waals surface area contributed by atoms with Gasteiger partial charge in [0.2, 0.25) is 0 Å². The first-order valence-corrected chi connectivity index (χ1v) is 4.75. The van der Waals surface area contributed by atoms with E-state index in [-0.39, 0.29) is 18.4 Å². The summed E-state index contributed by atoms with van der Waals surface area (Å²) in [5.41, 5.74) is 11.5. The molecule has 5 atom stereocenters. The van der Waals surface area contributed by atoms with Crippen molar-refractivity contribution in [1.29, 1.82) is 0 Å². The molecule has 4 nitrogen and oxygen atoms in total. The first-order chi connectivity index (χ1) is 6.11. The number of hydrogen-bond donors (Lipinski definition) is 2. The highest BCUT2D eigenvalue weighted by molar-refractivity contribution is 4.87. The standard InChI is InChI=1S/C9H20N2O2/c1-5-6(2)8(11)9(12-3)13-7(5)4-10/h5-9H,4,10-11H2,1-3H3/t5-,6?,7?,8?,9-/m0/s1. The number of hydrogen-bond acceptors (Lipinski definition) is 4. The zero-order chi connectivity index (χ0) is 10.0. The van der Waals surface area contributed by atoms with Crippen LogP contribution in [0.3, 0.4) is 0 Å². The molecule has 0 radical (unpaired) electrons. The summed E-state index contributed by atoms with van der Waals surface area (Å²) in [5.74, 6) is 0.777. The SMILES string of the molecule is CO[C@H]1OC(CN)[C@@H](C)C(C)C1N. The smallest absolute Gasteiger partial charge is 0.172 e. The van der Waals surface area contributed by atoms with Gasteiger partial charge in [-0.2, -0.15) is 0 Å². The Morgan fingerprint density at radius 2 is 1.92 bits per heavy atom. The predicted molar refractivity (Wildman–Crippen MR) is 51.0 cm³/mol. The molecule has 1 heterocycles. The molecule has 0 bridgehead atoms. The highest BCUT2D eigenvalue weighted by Gasteiger charge is 2.38. The van der Waals surface area contributed by atoms with E-state index >= 15 is 0 Å². The average Bonchev–Trinajstić information content (AvgIpc) is 2.15. The molecule has 1 aliphatic rings. The maximum Gasteiger partial charge on any atom is 0.172 e. The molecule has 0 aliphatic carbocycles. The molecule has 0 spiro atoms. The highest BCUT2D eigenvalue weighted by Crippen LogP contribution is 2.29. The molecule has 0 aromatic carbocycles. The lowest BCUT2D eigenvalue weighted by Gasteiger charge is -2.42. The summed E-state index contributed by atoms with van der Waals surface area (Å²) in [6, 6.07) is -0.0530. The fraction of sp³-hybridized carbons (Fsp3) is 1.00. The maximum atomic E-state index is 5.95. The van der Waals surface area contributed by atoms with E-state index in [0.717, 1.165) is 0 Å². The Hall–Kier alpha value is -0.160. The summed E-state index contributed by atoms with van der Waals surface area (Å²) < 4.78 is 10.8. The van der Waals surface area contributed by atoms with Crippen LogP contribution < -0.4 is 11.5 Å². The van der Waals surface area contributed by atoms with Crippen molar-refractivity contribution in [3.63, 3.8) is 0 Å². The van der Waals surface area contributed by atoms with E-state index < -0.39 is 0 Å². The molecule has 1 rings (SSSR count). The molecule has 0 aromatic heterocycles. The van der Waals surface area contributed by atoms with Crippen LogP contribution >= 0.6 is 0 Å². The van der Waals surface area contributed by atoms with Crippen molar-refractivity contribution >= 4 is 0 Å². The lowest BCUT2D eigenvalue weighted by molar-refractivity contribution is -0.216. The summed E-state index contributed by atoms with van der Waals surface area (Å²) in [6.07, 6.45) is -0.237. The Morgan fingerprint density at radius 3 is 2.38 bits per heavy atom. The molecule has 4 heteroatoms. The van der Waals surface area contributed by atoms with Crippen molar-refractivity contribution < 1.29 is 9.47 Å². The average molecular weight is 188 g/mol. The van der Waals surface area contributed by atoms with E-state index in [2.05, 4.69) is 13.8 Å².